The number of aromatic nitrogens is 3. The first-order valence-electron chi connectivity index (χ1n) is 11.1. The Morgan fingerprint density at radius 1 is 1.00 bits per heavy atom. The van der Waals surface area contributed by atoms with Gasteiger partial charge < -0.3 is 19.7 Å². The van der Waals surface area contributed by atoms with Gasteiger partial charge in [-0.25, -0.2) is 4.68 Å². The maximum absolute atomic E-state index is 10.3. The normalized spacial score (nSPS) is 13.5. The monoisotopic (exact) mass is 595 g/mol. The lowest BCUT2D eigenvalue weighted by Crippen LogP contribution is -2.25. The predicted octanol–water partition coefficient (Wildman–Crippen LogP) is 4.39. The molecule has 1 aromatic heterocycles. The summed E-state index contributed by atoms with van der Waals surface area (Å²) in [6.45, 7) is 7.20. The van der Waals surface area contributed by atoms with Gasteiger partial charge in [-0.1, -0.05) is 50.3 Å². The maximum atomic E-state index is 10.3. The highest BCUT2D eigenvalue weighted by atomic mass is 123. The van der Waals surface area contributed by atoms with E-state index in [1.165, 1.54) is 5.56 Å². The average molecular weight is 596 g/mol. The molecular formula is C25H31ClIN3O4. The highest BCUT2D eigenvalue weighted by Gasteiger charge is 2.23. The maximum Gasteiger partial charge on any atom is 0.125 e. The molecule has 2 N–H and O–H groups in total. The van der Waals surface area contributed by atoms with Gasteiger partial charge in [-0.3, -0.25) is 0 Å². The molecule has 34 heavy (non-hydrogen) atoms. The van der Waals surface area contributed by atoms with Crippen molar-refractivity contribution in [1.29, 1.82) is 0 Å². The number of hydrogen-bond donors (Lipinski definition) is 2. The van der Waals surface area contributed by atoms with Gasteiger partial charge in [0.15, 0.2) is 0 Å². The lowest BCUT2D eigenvalue weighted by atomic mass is 9.78. The van der Waals surface area contributed by atoms with Crippen LogP contribution in [0.5, 0.6) is 11.5 Å². The van der Waals surface area contributed by atoms with Crippen molar-refractivity contribution < 1.29 is 19.7 Å². The number of ether oxygens (including phenoxy) is 2. The Morgan fingerprint density at radius 3 is 2.00 bits per heavy atom. The summed E-state index contributed by atoms with van der Waals surface area (Å²) in [5.74, 6) is 2.41. The SMILES string of the molecule is C[C@@H](CCl)COc1ccc(C(C)(C)c2ccc(OC[C@H](O)Cn3nnc(CO)c3[123I])cc2)cc1. The van der Waals surface area contributed by atoms with Gasteiger partial charge in [-0.15, -0.1) is 16.7 Å². The summed E-state index contributed by atoms with van der Waals surface area (Å²) in [5.41, 5.74) is 2.63. The molecule has 0 saturated heterocycles. The molecule has 2 atom stereocenters. The van der Waals surface area contributed by atoms with Crippen LogP contribution in [0.15, 0.2) is 48.5 Å². The van der Waals surface area contributed by atoms with E-state index in [1.54, 1.807) is 4.68 Å². The van der Waals surface area contributed by atoms with Gasteiger partial charge in [0.1, 0.15) is 33.6 Å². The Kier molecular flexibility index (Phi) is 9.58. The molecule has 2 aromatic carbocycles. The molecule has 0 spiro atoms. The summed E-state index contributed by atoms with van der Waals surface area (Å²) in [4.78, 5) is 0. The van der Waals surface area contributed by atoms with E-state index in [2.05, 4.69) is 43.2 Å². The van der Waals surface area contributed by atoms with E-state index in [-0.39, 0.29) is 25.2 Å². The third kappa shape index (κ3) is 6.84. The second kappa shape index (κ2) is 12.2. The van der Waals surface area contributed by atoms with Crippen molar-refractivity contribution in [1.82, 2.24) is 15.0 Å². The van der Waals surface area contributed by atoms with Crippen molar-refractivity contribution >= 4 is 34.2 Å². The Labute approximate surface area is 219 Å². The fourth-order valence-corrected chi connectivity index (χ4v) is 4.04. The molecule has 0 unspecified atom stereocenters. The summed E-state index contributed by atoms with van der Waals surface area (Å²) >= 11 is 7.90. The van der Waals surface area contributed by atoms with Gasteiger partial charge in [-0.2, -0.15) is 0 Å². The lowest BCUT2D eigenvalue weighted by molar-refractivity contribution is 0.0881. The third-order valence-electron chi connectivity index (χ3n) is 5.66. The van der Waals surface area contributed by atoms with Gasteiger partial charge in [0.05, 0.1) is 19.8 Å². The topological polar surface area (TPSA) is 89.6 Å². The molecule has 0 saturated carbocycles. The van der Waals surface area contributed by atoms with E-state index in [9.17, 15) is 10.2 Å². The minimum atomic E-state index is -0.758. The van der Waals surface area contributed by atoms with Gasteiger partial charge in [0, 0.05) is 17.2 Å². The van der Waals surface area contributed by atoms with Crippen LogP contribution < -0.4 is 9.47 Å². The van der Waals surface area contributed by atoms with E-state index in [0.29, 0.717) is 33.5 Å². The smallest absolute Gasteiger partial charge is 0.125 e. The highest BCUT2D eigenvalue weighted by Crippen LogP contribution is 2.33. The Balaban J connectivity index is 1.56. The molecule has 0 bridgehead atoms. The Morgan fingerprint density at radius 2 is 1.53 bits per heavy atom. The van der Waals surface area contributed by atoms with Crippen molar-refractivity contribution in [2.45, 2.75) is 45.4 Å². The zero-order valence-electron chi connectivity index (χ0n) is 19.6. The van der Waals surface area contributed by atoms with Crippen LogP contribution in [0.4, 0.5) is 0 Å². The second-order valence-corrected chi connectivity index (χ2v) is 10.2. The van der Waals surface area contributed by atoms with Gasteiger partial charge in [-0.05, 0) is 58.0 Å². The largest absolute Gasteiger partial charge is 0.493 e. The van der Waals surface area contributed by atoms with Crippen LogP contribution in [0.25, 0.3) is 0 Å². The summed E-state index contributed by atoms with van der Waals surface area (Å²) in [7, 11) is 0. The van der Waals surface area contributed by atoms with Crippen LogP contribution in [0, 0.1) is 9.62 Å². The summed E-state index contributed by atoms with van der Waals surface area (Å²) in [6, 6.07) is 16.1. The van der Waals surface area contributed by atoms with E-state index >= 15 is 0 Å². The molecular weight excluding hydrogens is 565 g/mol. The molecule has 0 radical (unpaired) electrons. The third-order valence-corrected chi connectivity index (χ3v) is 7.37. The van der Waals surface area contributed by atoms with Gasteiger partial charge >= 0.3 is 0 Å². The number of nitrogens with zero attached hydrogens (tertiary/aromatic N) is 3. The molecule has 0 aliphatic rings. The van der Waals surface area contributed by atoms with Crippen LogP contribution in [-0.2, 0) is 18.6 Å². The van der Waals surface area contributed by atoms with E-state index in [4.69, 9.17) is 21.1 Å². The second-order valence-electron chi connectivity index (χ2n) is 8.88. The first kappa shape index (κ1) is 26.7. The van der Waals surface area contributed by atoms with E-state index in [0.717, 1.165) is 11.3 Å². The number of aliphatic hydroxyl groups is 2. The molecule has 184 valence electrons. The van der Waals surface area contributed by atoms with Crippen molar-refractivity contribution in [3.8, 4) is 11.5 Å². The van der Waals surface area contributed by atoms with Crippen molar-refractivity contribution in [3.63, 3.8) is 0 Å². The molecule has 0 aliphatic heterocycles. The summed E-state index contributed by atoms with van der Waals surface area (Å²) < 4.78 is 13.8. The van der Waals surface area contributed by atoms with Crippen molar-refractivity contribution in [2.24, 2.45) is 5.92 Å². The molecule has 0 amide bonds. The van der Waals surface area contributed by atoms with E-state index in [1.807, 2.05) is 59.0 Å². The number of hydrogen-bond acceptors (Lipinski definition) is 6. The predicted molar refractivity (Wildman–Crippen MR) is 141 cm³/mol. The molecule has 3 aromatic rings. The van der Waals surface area contributed by atoms with Crippen LogP contribution in [-0.4, -0.2) is 50.4 Å². The van der Waals surface area contributed by atoms with Crippen LogP contribution >= 0.6 is 34.2 Å². The molecule has 3 rings (SSSR count). The Hall–Kier alpha value is -1.88. The highest BCUT2D eigenvalue weighted by molar-refractivity contribution is 14.1. The molecule has 9 heteroatoms. The fourth-order valence-electron chi connectivity index (χ4n) is 3.38. The van der Waals surface area contributed by atoms with Gasteiger partial charge in [0.2, 0.25) is 0 Å². The standard InChI is InChI=1S/C25H31ClIN3O4/c1-17(12-26)15-33-21-8-4-18(5-9-21)25(2,3)19-6-10-22(11-7-19)34-16-20(32)13-30-24(27)23(14-31)28-29-30/h4-11,17,20,31-32H,12-16H2,1-3H3/t17-,20+/m0/s1/i27-4. The molecule has 0 fully saturated rings. The summed E-state index contributed by atoms with van der Waals surface area (Å²) in [6.07, 6.45) is -0.758. The van der Waals surface area contributed by atoms with Crippen LogP contribution in [0.2, 0.25) is 0 Å². The van der Waals surface area contributed by atoms with E-state index < -0.39 is 6.10 Å². The van der Waals surface area contributed by atoms with Crippen LogP contribution in [0.3, 0.4) is 0 Å². The van der Waals surface area contributed by atoms with Crippen molar-refractivity contribution in [3.05, 3.63) is 69.1 Å². The van der Waals surface area contributed by atoms with Crippen LogP contribution in [0.1, 0.15) is 37.6 Å². The number of benzene rings is 2. The van der Waals surface area contributed by atoms with Crippen molar-refractivity contribution in [2.75, 3.05) is 19.1 Å². The Bertz CT molecular complexity index is 1040. The lowest BCUT2D eigenvalue weighted by Gasteiger charge is -2.26. The number of rotatable bonds is 12. The first-order chi connectivity index (χ1) is 16.2. The summed E-state index contributed by atoms with van der Waals surface area (Å²) in [5, 5.41) is 27.4. The molecule has 7 nitrogen and oxygen atoms in total. The zero-order chi connectivity index (χ0) is 24.7. The number of aliphatic hydroxyl groups excluding tert-OH is 2. The number of alkyl halides is 1. The molecule has 1 heterocycles. The number of halogens is 2. The fraction of sp³-hybridized carbons (Fsp3) is 0.440. The van der Waals surface area contributed by atoms with Gasteiger partial charge in [0.25, 0.3) is 0 Å². The molecule has 0 aliphatic carbocycles. The average Bonchev–Trinajstić information content (AvgIpc) is 3.20. The minimum Gasteiger partial charge on any atom is -0.493 e. The first-order valence-corrected chi connectivity index (χ1v) is 12.7. The zero-order valence-corrected chi connectivity index (χ0v) is 22.5. The minimum absolute atomic E-state index is 0.122. The quantitative estimate of drug-likeness (QED) is 0.239.